The van der Waals surface area contributed by atoms with Crippen molar-refractivity contribution in [3.8, 4) is 0 Å². The van der Waals surface area contributed by atoms with Gasteiger partial charge >= 0.3 is 0 Å². The van der Waals surface area contributed by atoms with Crippen molar-refractivity contribution >= 4 is 11.4 Å². The molecule has 84 valence electrons. The van der Waals surface area contributed by atoms with Crippen molar-refractivity contribution in [1.82, 2.24) is 0 Å². The van der Waals surface area contributed by atoms with Gasteiger partial charge in [-0.05, 0) is 31.0 Å². The summed E-state index contributed by atoms with van der Waals surface area (Å²) in [5.41, 5.74) is 9.19. The minimum absolute atomic E-state index is 0.845. The molecule has 0 heterocycles. The van der Waals surface area contributed by atoms with Crippen LogP contribution in [-0.4, -0.2) is 13.6 Å². The fourth-order valence-electron chi connectivity index (χ4n) is 1.76. The molecule has 2 N–H and O–H groups in total. The van der Waals surface area contributed by atoms with Gasteiger partial charge in [-0.1, -0.05) is 25.8 Å². The van der Waals surface area contributed by atoms with Crippen LogP contribution in [-0.2, 0) is 0 Å². The molecule has 0 bridgehead atoms. The van der Waals surface area contributed by atoms with E-state index in [9.17, 15) is 0 Å². The molecule has 1 aromatic rings. The smallest absolute Gasteiger partial charge is 0.0413 e. The predicted molar refractivity (Wildman–Crippen MR) is 68.4 cm³/mol. The van der Waals surface area contributed by atoms with Crippen LogP contribution in [0.1, 0.15) is 31.7 Å². The summed E-state index contributed by atoms with van der Waals surface area (Å²) >= 11 is 0. The minimum Gasteiger partial charge on any atom is -0.399 e. The molecule has 2 nitrogen and oxygen atoms in total. The number of hydrogen-bond donors (Lipinski definition) is 1. The Morgan fingerprint density at radius 2 is 2.00 bits per heavy atom. The molecule has 0 aliphatic carbocycles. The molecule has 0 atom stereocenters. The van der Waals surface area contributed by atoms with Crippen LogP contribution in [0.3, 0.4) is 0 Å². The van der Waals surface area contributed by atoms with E-state index in [-0.39, 0.29) is 0 Å². The summed E-state index contributed by atoms with van der Waals surface area (Å²) in [6, 6.07) is 6.10. The van der Waals surface area contributed by atoms with E-state index in [4.69, 9.17) is 5.73 Å². The molecule has 2 heteroatoms. The summed E-state index contributed by atoms with van der Waals surface area (Å²) in [5, 5.41) is 0. The Morgan fingerprint density at radius 3 is 2.67 bits per heavy atom. The van der Waals surface area contributed by atoms with E-state index in [1.165, 1.54) is 30.5 Å². The molecule has 0 aliphatic rings. The Balaban J connectivity index is 2.64. The first-order chi connectivity index (χ1) is 7.15. The zero-order chi connectivity index (χ0) is 11.3. The Bertz CT molecular complexity index is 307. The van der Waals surface area contributed by atoms with Gasteiger partial charge in [0.2, 0.25) is 0 Å². The second-order valence-electron chi connectivity index (χ2n) is 4.17. The van der Waals surface area contributed by atoms with E-state index < -0.39 is 0 Å². The van der Waals surface area contributed by atoms with Crippen LogP contribution < -0.4 is 10.6 Å². The highest BCUT2D eigenvalue weighted by Crippen LogP contribution is 2.21. The SMILES string of the molecule is CCCCCN(C)c1cc(N)ccc1C. The van der Waals surface area contributed by atoms with Gasteiger partial charge in [-0.2, -0.15) is 0 Å². The average Bonchev–Trinajstić information content (AvgIpc) is 2.22. The number of nitrogens with zero attached hydrogens (tertiary/aromatic N) is 1. The summed E-state index contributed by atoms with van der Waals surface area (Å²) in [7, 11) is 2.14. The molecule has 0 fully saturated rings. The van der Waals surface area contributed by atoms with Crippen molar-refractivity contribution in [3.05, 3.63) is 23.8 Å². The summed E-state index contributed by atoms with van der Waals surface area (Å²) in [5.74, 6) is 0. The van der Waals surface area contributed by atoms with E-state index in [0.29, 0.717) is 0 Å². The number of benzene rings is 1. The van der Waals surface area contributed by atoms with E-state index in [2.05, 4.69) is 37.9 Å². The van der Waals surface area contributed by atoms with Gasteiger partial charge < -0.3 is 10.6 Å². The lowest BCUT2D eigenvalue weighted by Crippen LogP contribution is -2.19. The Kier molecular flexibility index (Phi) is 4.47. The summed E-state index contributed by atoms with van der Waals surface area (Å²) in [6.45, 7) is 5.47. The van der Waals surface area contributed by atoms with Gasteiger partial charge in [-0.3, -0.25) is 0 Å². The molecule has 0 spiro atoms. The number of anilines is 2. The second kappa shape index (κ2) is 5.64. The fourth-order valence-corrected chi connectivity index (χ4v) is 1.76. The quantitative estimate of drug-likeness (QED) is 0.592. The molecule has 15 heavy (non-hydrogen) atoms. The third kappa shape index (κ3) is 3.46. The van der Waals surface area contributed by atoms with Crippen LogP contribution >= 0.6 is 0 Å². The molecule has 0 saturated carbocycles. The van der Waals surface area contributed by atoms with E-state index in [0.717, 1.165) is 12.2 Å². The largest absolute Gasteiger partial charge is 0.399 e. The molecule has 1 aromatic carbocycles. The van der Waals surface area contributed by atoms with Gasteiger partial charge in [0.15, 0.2) is 0 Å². The van der Waals surface area contributed by atoms with Crippen molar-refractivity contribution in [1.29, 1.82) is 0 Å². The van der Waals surface area contributed by atoms with Gasteiger partial charge in [0, 0.05) is 25.0 Å². The van der Waals surface area contributed by atoms with Gasteiger partial charge in [-0.15, -0.1) is 0 Å². The maximum atomic E-state index is 5.79. The number of hydrogen-bond acceptors (Lipinski definition) is 2. The topological polar surface area (TPSA) is 29.3 Å². The maximum Gasteiger partial charge on any atom is 0.0413 e. The van der Waals surface area contributed by atoms with Crippen molar-refractivity contribution in [2.24, 2.45) is 0 Å². The number of nitrogen functional groups attached to an aromatic ring is 1. The van der Waals surface area contributed by atoms with Crippen LogP contribution in [0.4, 0.5) is 11.4 Å². The second-order valence-corrected chi connectivity index (χ2v) is 4.17. The number of unbranched alkanes of at least 4 members (excludes halogenated alkanes) is 2. The van der Waals surface area contributed by atoms with E-state index in [1.54, 1.807) is 0 Å². The number of nitrogens with two attached hydrogens (primary N) is 1. The van der Waals surface area contributed by atoms with Crippen LogP contribution in [0.15, 0.2) is 18.2 Å². The average molecular weight is 206 g/mol. The molecule has 1 rings (SSSR count). The third-order valence-corrected chi connectivity index (χ3v) is 2.74. The summed E-state index contributed by atoms with van der Waals surface area (Å²) in [6.07, 6.45) is 3.82. The van der Waals surface area contributed by atoms with Crippen molar-refractivity contribution in [3.63, 3.8) is 0 Å². The van der Waals surface area contributed by atoms with Crippen LogP contribution in [0.25, 0.3) is 0 Å². The molecule has 0 amide bonds. The normalized spacial score (nSPS) is 10.3. The monoisotopic (exact) mass is 206 g/mol. The molecule has 0 saturated heterocycles. The predicted octanol–water partition coefficient (Wildman–Crippen LogP) is 3.20. The molecule has 0 radical (unpaired) electrons. The first kappa shape index (κ1) is 11.9. The zero-order valence-corrected chi connectivity index (χ0v) is 10.1. The third-order valence-electron chi connectivity index (χ3n) is 2.74. The van der Waals surface area contributed by atoms with E-state index in [1.807, 2.05) is 6.07 Å². The molecule has 0 aromatic heterocycles. The van der Waals surface area contributed by atoms with Gasteiger partial charge in [0.05, 0.1) is 0 Å². The van der Waals surface area contributed by atoms with Crippen LogP contribution in [0.2, 0.25) is 0 Å². The van der Waals surface area contributed by atoms with Gasteiger partial charge in [0.1, 0.15) is 0 Å². The number of aryl methyl sites for hydroxylation is 1. The van der Waals surface area contributed by atoms with Gasteiger partial charge in [-0.25, -0.2) is 0 Å². The standard InChI is InChI=1S/C13H22N2/c1-4-5-6-9-15(3)13-10-12(14)8-7-11(13)2/h7-8,10H,4-6,9,14H2,1-3H3. The summed E-state index contributed by atoms with van der Waals surface area (Å²) < 4.78 is 0. The maximum absolute atomic E-state index is 5.79. The molecular formula is C13H22N2. The fraction of sp³-hybridized carbons (Fsp3) is 0.538. The van der Waals surface area contributed by atoms with Crippen LogP contribution in [0, 0.1) is 6.92 Å². The Morgan fingerprint density at radius 1 is 1.27 bits per heavy atom. The highest BCUT2D eigenvalue weighted by molar-refractivity contribution is 5.60. The van der Waals surface area contributed by atoms with Crippen molar-refractivity contribution < 1.29 is 0 Å². The van der Waals surface area contributed by atoms with Crippen molar-refractivity contribution in [2.75, 3.05) is 24.2 Å². The molecule has 0 aliphatic heterocycles. The van der Waals surface area contributed by atoms with E-state index >= 15 is 0 Å². The zero-order valence-electron chi connectivity index (χ0n) is 10.1. The number of rotatable bonds is 5. The van der Waals surface area contributed by atoms with Crippen LogP contribution in [0.5, 0.6) is 0 Å². The Labute approximate surface area is 93.1 Å². The lowest BCUT2D eigenvalue weighted by Gasteiger charge is -2.21. The summed E-state index contributed by atoms with van der Waals surface area (Å²) in [4.78, 5) is 2.29. The Hall–Kier alpha value is -1.18. The molecular weight excluding hydrogens is 184 g/mol. The van der Waals surface area contributed by atoms with Crippen molar-refractivity contribution in [2.45, 2.75) is 33.1 Å². The minimum atomic E-state index is 0.845. The highest BCUT2D eigenvalue weighted by Gasteiger charge is 2.04. The lowest BCUT2D eigenvalue weighted by atomic mass is 10.1. The molecule has 0 unspecified atom stereocenters. The first-order valence-electron chi connectivity index (χ1n) is 5.72. The highest BCUT2D eigenvalue weighted by atomic mass is 15.1. The lowest BCUT2D eigenvalue weighted by molar-refractivity contribution is 0.704. The first-order valence-corrected chi connectivity index (χ1v) is 5.72. The van der Waals surface area contributed by atoms with Gasteiger partial charge in [0.25, 0.3) is 0 Å².